The number of aromatic nitrogens is 1. The largest absolute Gasteiger partial charge is 0.459 e. The van der Waals surface area contributed by atoms with Crippen LogP contribution in [-0.4, -0.2) is 42.6 Å². The van der Waals surface area contributed by atoms with Crippen molar-refractivity contribution in [2.45, 2.75) is 15.0 Å². The van der Waals surface area contributed by atoms with Gasteiger partial charge in [0, 0.05) is 5.69 Å². The van der Waals surface area contributed by atoms with Crippen molar-refractivity contribution in [1.29, 1.82) is 0 Å². The zero-order chi connectivity index (χ0) is 27.2. The Morgan fingerprint density at radius 1 is 0.946 bits per heavy atom. The number of benzene rings is 2. The molecule has 4 rings (SSSR count). The van der Waals surface area contributed by atoms with Crippen molar-refractivity contribution in [3.05, 3.63) is 78.6 Å². The van der Waals surface area contributed by atoms with E-state index in [9.17, 15) is 22.0 Å². The number of nitrogens with zero attached hydrogens (tertiary/aromatic N) is 1. The van der Waals surface area contributed by atoms with Crippen molar-refractivity contribution < 1.29 is 48.4 Å². The standard InChI is InChI=1S/C21H14F2N2O5S2.H2O4S/c22-13-3-7-15(8-4-13)24-18(26)12-31-21-20(25-19(30-21)17-2-1-11-29-17)32(27,28)16-9-5-14(23)6-10-16;1-5(2,3)4/h1-11H,12H2,(H,24,26);(H2,1,2,3,4). The Balaban J connectivity index is 0.000000695. The molecule has 0 aliphatic heterocycles. The summed E-state index contributed by atoms with van der Waals surface area (Å²) in [6.45, 7) is 0. The van der Waals surface area contributed by atoms with E-state index >= 15 is 0 Å². The summed E-state index contributed by atoms with van der Waals surface area (Å²) in [6, 6.07) is 12.6. The van der Waals surface area contributed by atoms with Gasteiger partial charge in [0.15, 0.2) is 5.76 Å². The topological polar surface area (TPSA) is 177 Å². The van der Waals surface area contributed by atoms with Crippen LogP contribution in [0.2, 0.25) is 0 Å². The minimum absolute atomic E-state index is 0.0860. The number of anilines is 1. The van der Waals surface area contributed by atoms with Crippen molar-refractivity contribution in [3.63, 3.8) is 0 Å². The van der Waals surface area contributed by atoms with E-state index in [1.54, 1.807) is 6.07 Å². The molecule has 0 bridgehead atoms. The van der Waals surface area contributed by atoms with Gasteiger partial charge in [-0.3, -0.25) is 13.9 Å². The molecule has 2 heterocycles. The van der Waals surface area contributed by atoms with Crippen molar-refractivity contribution in [1.82, 2.24) is 4.98 Å². The fourth-order valence-corrected chi connectivity index (χ4v) is 4.97. The highest BCUT2D eigenvalue weighted by atomic mass is 32.3. The lowest BCUT2D eigenvalue weighted by atomic mass is 10.3. The number of carbonyl (C=O) groups is 1. The Labute approximate surface area is 213 Å². The van der Waals surface area contributed by atoms with E-state index in [0.717, 1.165) is 36.0 Å². The number of thioether (sulfide) groups is 1. The predicted octanol–water partition coefficient (Wildman–Crippen LogP) is 4.12. The molecule has 0 spiro atoms. The third-order valence-electron chi connectivity index (χ3n) is 4.14. The van der Waals surface area contributed by atoms with Gasteiger partial charge in [0.1, 0.15) is 11.6 Å². The van der Waals surface area contributed by atoms with Crippen LogP contribution >= 0.6 is 11.8 Å². The van der Waals surface area contributed by atoms with Gasteiger partial charge < -0.3 is 14.2 Å². The van der Waals surface area contributed by atoms with E-state index in [1.165, 1.54) is 36.6 Å². The van der Waals surface area contributed by atoms with Gasteiger partial charge in [-0.2, -0.15) is 13.4 Å². The van der Waals surface area contributed by atoms with Crippen LogP contribution in [0.15, 0.2) is 90.8 Å². The van der Waals surface area contributed by atoms with E-state index < -0.39 is 42.8 Å². The lowest BCUT2D eigenvalue weighted by molar-refractivity contribution is -0.113. The van der Waals surface area contributed by atoms with Crippen LogP contribution in [0, 0.1) is 11.6 Å². The summed E-state index contributed by atoms with van der Waals surface area (Å²) < 4.78 is 94.8. The fourth-order valence-electron chi connectivity index (χ4n) is 2.65. The molecule has 0 aliphatic rings. The van der Waals surface area contributed by atoms with Gasteiger partial charge in [-0.1, -0.05) is 11.8 Å². The van der Waals surface area contributed by atoms with Gasteiger partial charge in [-0.15, -0.1) is 0 Å². The maximum atomic E-state index is 13.2. The molecule has 196 valence electrons. The number of oxazole rings is 1. The molecular weight excluding hydrogens is 558 g/mol. The molecule has 0 atom stereocenters. The van der Waals surface area contributed by atoms with Crippen LogP contribution in [0.25, 0.3) is 11.7 Å². The zero-order valence-electron chi connectivity index (χ0n) is 18.2. The third kappa shape index (κ3) is 8.22. The second-order valence-electron chi connectivity index (χ2n) is 6.84. The Hall–Kier alpha value is -3.57. The highest BCUT2D eigenvalue weighted by molar-refractivity contribution is 8.00. The van der Waals surface area contributed by atoms with E-state index in [1.807, 2.05) is 0 Å². The summed E-state index contributed by atoms with van der Waals surface area (Å²) in [7, 11) is -8.84. The first-order valence-corrected chi connectivity index (χ1v) is 13.6. The van der Waals surface area contributed by atoms with Crippen LogP contribution in [0.3, 0.4) is 0 Å². The van der Waals surface area contributed by atoms with Crippen molar-refractivity contribution in [2.24, 2.45) is 0 Å². The van der Waals surface area contributed by atoms with Gasteiger partial charge in [0.05, 0.1) is 16.9 Å². The van der Waals surface area contributed by atoms with Gasteiger partial charge in [0.25, 0.3) is 5.89 Å². The Morgan fingerprint density at radius 2 is 1.51 bits per heavy atom. The molecule has 0 aliphatic carbocycles. The summed E-state index contributed by atoms with van der Waals surface area (Å²) in [5.74, 6) is -1.61. The molecule has 11 nitrogen and oxygen atoms in total. The first kappa shape index (κ1) is 28.0. The number of hydrogen-bond donors (Lipinski definition) is 3. The molecule has 16 heteroatoms. The number of nitrogens with one attached hydrogen (secondary N) is 1. The zero-order valence-corrected chi connectivity index (χ0v) is 20.7. The van der Waals surface area contributed by atoms with E-state index in [0.29, 0.717) is 5.69 Å². The average Bonchev–Trinajstić information content (AvgIpc) is 3.49. The number of furan rings is 1. The third-order valence-corrected chi connectivity index (χ3v) is 6.89. The Kier molecular flexibility index (Phi) is 8.82. The molecule has 0 saturated carbocycles. The molecule has 0 radical (unpaired) electrons. The average molecular weight is 575 g/mol. The molecule has 1 amide bonds. The summed E-state index contributed by atoms with van der Waals surface area (Å²) in [5.41, 5.74) is 0.380. The number of hydrogen-bond acceptors (Lipinski definition) is 9. The summed E-state index contributed by atoms with van der Waals surface area (Å²) in [5, 5.41) is 2.02. The molecule has 0 fully saturated rings. The Bertz CT molecular complexity index is 1560. The lowest BCUT2D eigenvalue weighted by Gasteiger charge is -2.05. The molecule has 2 aromatic heterocycles. The van der Waals surface area contributed by atoms with Gasteiger partial charge in [0.2, 0.25) is 25.9 Å². The van der Waals surface area contributed by atoms with Crippen LogP contribution in [-0.2, 0) is 25.0 Å². The van der Waals surface area contributed by atoms with Gasteiger partial charge in [-0.25, -0.2) is 17.2 Å². The van der Waals surface area contributed by atoms with Crippen LogP contribution < -0.4 is 5.32 Å². The van der Waals surface area contributed by atoms with Crippen LogP contribution in [0.5, 0.6) is 0 Å². The van der Waals surface area contributed by atoms with E-state index in [4.69, 9.17) is 26.4 Å². The second-order valence-corrected chi connectivity index (χ2v) is 10.5. The fraction of sp³-hybridized carbons (Fsp3) is 0.0476. The number of halogens is 2. The van der Waals surface area contributed by atoms with E-state index in [-0.39, 0.29) is 27.4 Å². The summed E-state index contributed by atoms with van der Waals surface area (Å²) >= 11 is 0.810. The Morgan fingerprint density at radius 3 is 2.05 bits per heavy atom. The molecule has 0 unspecified atom stereocenters. The summed E-state index contributed by atoms with van der Waals surface area (Å²) in [4.78, 5) is 16.2. The molecule has 2 aromatic carbocycles. The van der Waals surface area contributed by atoms with E-state index in [2.05, 4.69) is 10.3 Å². The minimum atomic E-state index is -4.67. The van der Waals surface area contributed by atoms with Crippen molar-refractivity contribution in [2.75, 3.05) is 11.1 Å². The molecule has 4 aromatic rings. The molecule has 3 N–H and O–H groups in total. The number of amides is 1. The van der Waals surface area contributed by atoms with Crippen LogP contribution in [0.4, 0.5) is 14.5 Å². The smallest absolute Gasteiger partial charge is 0.394 e. The molecule has 0 saturated heterocycles. The lowest BCUT2D eigenvalue weighted by Crippen LogP contribution is -2.14. The maximum absolute atomic E-state index is 13.2. The number of sulfone groups is 1. The quantitative estimate of drug-likeness (QED) is 0.164. The highest BCUT2D eigenvalue weighted by Crippen LogP contribution is 2.35. The van der Waals surface area contributed by atoms with Gasteiger partial charge in [-0.05, 0) is 60.7 Å². The van der Waals surface area contributed by atoms with Gasteiger partial charge >= 0.3 is 10.4 Å². The SMILES string of the molecule is O=C(CSc1oc(-c2ccco2)nc1S(=O)(=O)c1ccc(F)cc1)Nc1ccc(F)cc1.O=S(=O)(O)O. The molecular formula is C21H16F2N2O9S3. The number of carbonyl (C=O) groups excluding carboxylic acids is 1. The summed E-state index contributed by atoms with van der Waals surface area (Å²) in [6.07, 6.45) is 1.37. The minimum Gasteiger partial charge on any atom is -0.459 e. The monoisotopic (exact) mass is 574 g/mol. The molecule has 37 heavy (non-hydrogen) atoms. The number of rotatable bonds is 7. The normalized spacial score (nSPS) is 11.5. The maximum Gasteiger partial charge on any atom is 0.394 e. The first-order valence-electron chi connectivity index (χ1n) is 9.76. The van der Waals surface area contributed by atoms with Crippen molar-refractivity contribution in [3.8, 4) is 11.7 Å². The van der Waals surface area contributed by atoms with Crippen molar-refractivity contribution >= 4 is 43.6 Å². The highest BCUT2D eigenvalue weighted by Gasteiger charge is 2.30. The first-order chi connectivity index (χ1) is 17.3. The predicted molar refractivity (Wildman–Crippen MR) is 126 cm³/mol. The second kappa shape index (κ2) is 11.7. The van der Waals surface area contributed by atoms with Crippen LogP contribution in [0.1, 0.15) is 0 Å².